The Balaban J connectivity index is 1.80. The van der Waals surface area contributed by atoms with Crippen LogP contribution in [0.1, 0.15) is 22.0 Å². The number of nitrogens with zero attached hydrogens (tertiary/aromatic N) is 2. The van der Waals surface area contributed by atoms with E-state index in [1.165, 1.54) is 42.7 Å². The molecule has 0 aliphatic heterocycles. The quantitative estimate of drug-likeness (QED) is 0.521. The Morgan fingerprint density at radius 1 is 0.909 bits per heavy atom. The fourth-order valence-electron chi connectivity index (χ4n) is 3.48. The van der Waals surface area contributed by atoms with E-state index in [2.05, 4.69) is 5.32 Å². The van der Waals surface area contributed by atoms with E-state index in [1.54, 1.807) is 24.3 Å². The minimum Gasteiger partial charge on any atom is -0.495 e. The van der Waals surface area contributed by atoms with Crippen LogP contribution in [0.3, 0.4) is 0 Å². The van der Waals surface area contributed by atoms with Gasteiger partial charge in [0, 0.05) is 19.2 Å². The fraction of sp³-hybridized carbons (Fsp3) is 0.240. The highest BCUT2D eigenvalue weighted by Crippen LogP contribution is 2.30. The fourth-order valence-corrected chi connectivity index (χ4v) is 4.69. The number of amides is 1. The number of carbonyl (C=O) groups excluding carboxylic acids is 1. The van der Waals surface area contributed by atoms with Gasteiger partial charge in [0.25, 0.3) is 15.9 Å². The zero-order chi connectivity index (χ0) is 24.0. The number of ether oxygens (including phenoxy) is 1. The van der Waals surface area contributed by atoms with Gasteiger partial charge in [-0.1, -0.05) is 42.5 Å². The Bertz CT molecular complexity index is 1180. The number of benzene rings is 3. The summed E-state index contributed by atoms with van der Waals surface area (Å²) in [6.45, 7) is 0.631. The van der Waals surface area contributed by atoms with Gasteiger partial charge in [0.2, 0.25) is 0 Å². The number of para-hydroxylation sites is 2. The summed E-state index contributed by atoms with van der Waals surface area (Å²) in [5.41, 5.74) is 1.81. The highest BCUT2D eigenvalue weighted by Gasteiger charge is 2.24. The number of hydrogen-bond donors (Lipinski definition) is 1. The first kappa shape index (κ1) is 24.3. The molecule has 0 spiro atoms. The molecular formula is C25H29N3O4S. The lowest BCUT2D eigenvalue weighted by molar-refractivity contribution is 0.0930. The van der Waals surface area contributed by atoms with Crippen molar-refractivity contribution in [3.8, 4) is 5.75 Å². The van der Waals surface area contributed by atoms with Crippen molar-refractivity contribution in [1.82, 2.24) is 10.2 Å². The molecule has 3 aromatic rings. The van der Waals surface area contributed by atoms with Crippen LogP contribution in [-0.2, 0) is 10.0 Å². The number of nitrogens with one attached hydrogen (secondary N) is 1. The first-order valence-electron chi connectivity index (χ1n) is 10.5. The third kappa shape index (κ3) is 5.71. The molecule has 0 aliphatic carbocycles. The lowest BCUT2D eigenvalue weighted by Crippen LogP contribution is -2.35. The first-order chi connectivity index (χ1) is 15.7. The van der Waals surface area contributed by atoms with Gasteiger partial charge in [0.05, 0.1) is 23.7 Å². The van der Waals surface area contributed by atoms with Gasteiger partial charge < -0.3 is 15.0 Å². The summed E-state index contributed by atoms with van der Waals surface area (Å²) in [5.74, 6) is 0.181. The van der Waals surface area contributed by atoms with Gasteiger partial charge >= 0.3 is 0 Å². The molecule has 3 aromatic carbocycles. The summed E-state index contributed by atoms with van der Waals surface area (Å²) < 4.78 is 32.7. The van der Waals surface area contributed by atoms with E-state index in [0.717, 1.165) is 5.56 Å². The van der Waals surface area contributed by atoms with E-state index in [9.17, 15) is 13.2 Å². The second-order valence-electron chi connectivity index (χ2n) is 7.87. The monoisotopic (exact) mass is 467 g/mol. The van der Waals surface area contributed by atoms with Gasteiger partial charge in [0.1, 0.15) is 5.75 Å². The van der Waals surface area contributed by atoms with Crippen LogP contribution in [0.15, 0.2) is 83.8 Å². The predicted molar refractivity (Wildman–Crippen MR) is 130 cm³/mol. The molecule has 8 heteroatoms. The predicted octanol–water partition coefficient (Wildman–Crippen LogP) is 3.55. The molecule has 0 saturated heterocycles. The largest absolute Gasteiger partial charge is 0.495 e. The summed E-state index contributed by atoms with van der Waals surface area (Å²) in [6, 6.07) is 22.4. The zero-order valence-electron chi connectivity index (χ0n) is 19.2. The van der Waals surface area contributed by atoms with Crippen molar-refractivity contribution in [2.24, 2.45) is 0 Å². The van der Waals surface area contributed by atoms with Crippen molar-refractivity contribution in [2.75, 3.05) is 39.1 Å². The van der Waals surface area contributed by atoms with E-state index in [4.69, 9.17) is 4.74 Å². The van der Waals surface area contributed by atoms with Crippen molar-refractivity contribution in [1.29, 1.82) is 0 Å². The minimum atomic E-state index is -3.83. The highest BCUT2D eigenvalue weighted by molar-refractivity contribution is 7.92. The molecule has 0 radical (unpaired) electrons. The lowest BCUT2D eigenvalue weighted by Gasteiger charge is -2.23. The van der Waals surface area contributed by atoms with Gasteiger partial charge in [-0.25, -0.2) is 8.42 Å². The number of carbonyl (C=O) groups is 1. The van der Waals surface area contributed by atoms with E-state index in [1.807, 2.05) is 49.3 Å². The maximum atomic E-state index is 13.1. The molecule has 0 bridgehead atoms. The normalized spacial score (nSPS) is 12.3. The van der Waals surface area contributed by atoms with Crippen molar-refractivity contribution >= 4 is 21.6 Å². The molecular weight excluding hydrogens is 438 g/mol. The molecule has 0 heterocycles. The van der Waals surface area contributed by atoms with Gasteiger partial charge in [0.15, 0.2) is 0 Å². The van der Waals surface area contributed by atoms with E-state index >= 15 is 0 Å². The van der Waals surface area contributed by atoms with E-state index in [0.29, 0.717) is 23.5 Å². The maximum Gasteiger partial charge on any atom is 0.264 e. The van der Waals surface area contributed by atoms with Gasteiger partial charge in [-0.15, -0.1) is 0 Å². The third-order valence-electron chi connectivity index (χ3n) is 5.25. The van der Waals surface area contributed by atoms with E-state index in [-0.39, 0.29) is 16.8 Å². The third-order valence-corrected chi connectivity index (χ3v) is 7.04. The summed E-state index contributed by atoms with van der Waals surface area (Å²) in [7, 11) is 3.02. The van der Waals surface area contributed by atoms with Crippen LogP contribution in [0.5, 0.6) is 5.75 Å². The number of sulfonamides is 1. The first-order valence-corrected chi connectivity index (χ1v) is 11.9. The van der Waals surface area contributed by atoms with Crippen LogP contribution < -0.4 is 14.4 Å². The molecule has 0 aromatic heterocycles. The van der Waals surface area contributed by atoms with Gasteiger partial charge in [-0.2, -0.15) is 0 Å². The van der Waals surface area contributed by atoms with Crippen LogP contribution in [-0.4, -0.2) is 54.0 Å². The molecule has 3 rings (SSSR count). The average Bonchev–Trinajstić information content (AvgIpc) is 2.83. The number of hydrogen-bond acceptors (Lipinski definition) is 5. The van der Waals surface area contributed by atoms with Crippen LogP contribution in [0, 0.1) is 0 Å². The summed E-state index contributed by atoms with van der Waals surface area (Å²) >= 11 is 0. The van der Waals surface area contributed by atoms with Gasteiger partial charge in [-0.3, -0.25) is 9.10 Å². The highest BCUT2D eigenvalue weighted by atomic mass is 32.2. The van der Waals surface area contributed by atoms with Crippen LogP contribution in [0.25, 0.3) is 0 Å². The molecule has 1 amide bonds. The molecule has 33 heavy (non-hydrogen) atoms. The molecule has 0 saturated carbocycles. The molecule has 1 N–H and O–H groups in total. The van der Waals surface area contributed by atoms with Crippen LogP contribution >= 0.6 is 0 Å². The van der Waals surface area contributed by atoms with Crippen molar-refractivity contribution in [3.63, 3.8) is 0 Å². The number of rotatable bonds is 9. The Morgan fingerprint density at radius 2 is 1.52 bits per heavy atom. The molecule has 0 aliphatic rings. The van der Waals surface area contributed by atoms with Crippen LogP contribution in [0.4, 0.5) is 5.69 Å². The second-order valence-corrected chi connectivity index (χ2v) is 9.84. The summed E-state index contributed by atoms with van der Waals surface area (Å²) in [6.07, 6.45) is 0. The standard InChI is InChI=1S/C25H29N3O4S/c1-27(2)18-22(19-10-6-5-7-11-19)26-25(29)20-14-16-21(17-15-20)33(30,31)28(3)23-12-8-9-13-24(23)32-4/h5-17,22H,18H2,1-4H3,(H,26,29)/t22-/m0/s1. The van der Waals surface area contributed by atoms with Crippen LogP contribution in [0.2, 0.25) is 0 Å². The Labute approximate surface area is 195 Å². The average molecular weight is 468 g/mol. The molecule has 1 atom stereocenters. The SMILES string of the molecule is COc1ccccc1N(C)S(=O)(=O)c1ccc(C(=O)N[C@@H](CN(C)C)c2ccccc2)cc1. The number of anilines is 1. The Kier molecular flexibility index (Phi) is 7.73. The van der Waals surface area contributed by atoms with Crippen molar-refractivity contribution in [3.05, 3.63) is 90.0 Å². The minimum absolute atomic E-state index is 0.0837. The Hall–Kier alpha value is -3.36. The second kappa shape index (κ2) is 10.5. The Morgan fingerprint density at radius 3 is 2.12 bits per heavy atom. The maximum absolute atomic E-state index is 13.1. The van der Waals surface area contributed by atoms with Crippen molar-refractivity contribution < 1.29 is 17.9 Å². The molecule has 174 valence electrons. The topological polar surface area (TPSA) is 78.9 Å². The van der Waals surface area contributed by atoms with Gasteiger partial charge in [-0.05, 0) is 56.1 Å². The smallest absolute Gasteiger partial charge is 0.264 e. The zero-order valence-corrected chi connectivity index (χ0v) is 20.0. The molecule has 7 nitrogen and oxygen atoms in total. The number of likely N-dealkylation sites (N-methyl/N-ethyl adjacent to an activating group) is 1. The van der Waals surface area contributed by atoms with Crippen molar-refractivity contribution in [2.45, 2.75) is 10.9 Å². The van der Waals surface area contributed by atoms with E-state index < -0.39 is 10.0 Å². The summed E-state index contributed by atoms with van der Waals surface area (Å²) in [5, 5.41) is 3.05. The molecule has 0 fully saturated rings. The lowest BCUT2D eigenvalue weighted by atomic mass is 10.1. The molecule has 0 unspecified atom stereocenters. The summed E-state index contributed by atoms with van der Waals surface area (Å²) in [4.78, 5) is 15.0. The number of methoxy groups -OCH3 is 1.